The second-order valence-electron chi connectivity index (χ2n) is 9.03. The first-order valence-electron chi connectivity index (χ1n) is 12.9. The van der Waals surface area contributed by atoms with Crippen LogP contribution in [0.25, 0.3) is 21.8 Å². The first kappa shape index (κ1) is 28.0. The first-order chi connectivity index (χ1) is 19.2. The minimum atomic E-state index is -0.355. The summed E-state index contributed by atoms with van der Waals surface area (Å²) in [5.74, 6) is -0.831. The number of hydrogen-bond donors (Lipinski definition) is 2. The maximum absolute atomic E-state index is 12.2. The van der Waals surface area contributed by atoms with E-state index in [2.05, 4.69) is 5.32 Å². The summed E-state index contributed by atoms with van der Waals surface area (Å²) in [6, 6.07) is 23.7. The molecule has 0 aliphatic heterocycles. The van der Waals surface area contributed by atoms with Gasteiger partial charge in [0, 0.05) is 52.8 Å². The maximum Gasteiger partial charge on any atom is 0.354 e. The minimum absolute atomic E-state index is 0.170. The van der Waals surface area contributed by atoms with Crippen LogP contribution in [-0.4, -0.2) is 40.2 Å². The highest BCUT2D eigenvalue weighted by Gasteiger charge is 2.16. The van der Waals surface area contributed by atoms with Crippen LogP contribution >= 0.6 is 0 Å². The molecule has 40 heavy (non-hydrogen) atoms. The van der Waals surface area contributed by atoms with Crippen molar-refractivity contribution in [3.8, 4) is 0 Å². The Morgan fingerprint density at radius 2 is 1.25 bits per heavy atom. The quantitative estimate of drug-likeness (QED) is 0.216. The van der Waals surface area contributed by atoms with Crippen LogP contribution < -0.4 is 11.1 Å². The number of nitrogens with two attached hydrogens (primary N) is 1. The van der Waals surface area contributed by atoms with Gasteiger partial charge < -0.3 is 29.7 Å². The second kappa shape index (κ2) is 12.2. The van der Waals surface area contributed by atoms with Crippen molar-refractivity contribution in [1.29, 1.82) is 0 Å². The average Bonchev–Trinajstić information content (AvgIpc) is 3.45. The van der Waals surface area contributed by atoms with Gasteiger partial charge in [0.1, 0.15) is 11.4 Å². The summed E-state index contributed by atoms with van der Waals surface area (Å²) < 4.78 is 13.6. The van der Waals surface area contributed by atoms with E-state index in [1.807, 2.05) is 73.3 Å². The lowest BCUT2D eigenvalue weighted by Crippen LogP contribution is -2.11. The molecule has 0 saturated heterocycles. The molecule has 0 atom stereocenters. The molecule has 9 heteroatoms. The van der Waals surface area contributed by atoms with E-state index in [1.54, 1.807) is 42.7 Å². The van der Waals surface area contributed by atoms with E-state index in [4.69, 9.17) is 15.2 Å². The molecule has 3 N–H and O–H groups in total. The van der Waals surface area contributed by atoms with E-state index in [9.17, 15) is 14.4 Å². The van der Waals surface area contributed by atoms with E-state index in [0.29, 0.717) is 41.5 Å². The minimum Gasteiger partial charge on any atom is -0.461 e. The van der Waals surface area contributed by atoms with Gasteiger partial charge in [0.15, 0.2) is 0 Å². The van der Waals surface area contributed by atoms with Crippen LogP contribution in [0.3, 0.4) is 0 Å². The van der Waals surface area contributed by atoms with Gasteiger partial charge >= 0.3 is 11.9 Å². The zero-order chi connectivity index (χ0) is 28.8. The predicted molar refractivity (Wildman–Crippen MR) is 157 cm³/mol. The van der Waals surface area contributed by atoms with Crippen molar-refractivity contribution in [2.45, 2.75) is 13.8 Å². The molecule has 3 aromatic carbocycles. The highest BCUT2D eigenvalue weighted by Crippen LogP contribution is 2.24. The van der Waals surface area contributed by atoms with Gasteiger partial charge in [-0.2, -0.15) is 0 Å². The van der Waals surface area contributed by atoms with E-state index in [1.165, 1.54) is 0 Å². The molecule has 0 spiro atoms. The summed E-state index contributed by atoms with van der Waals surface area (Å²) >= 11 is 0. The Hall–Kier alpha value is -5.05. The number of aryl methyl sites for hydroxylation is 2. The van der Waals surface area contributed by atoms with Crippen molar-refractivity contribution in [3.05, 3.63) is 95.8 Å². The Kier molecular flexibility index (Phi) is 8.54. The van der Waals surface area contributed by atoms with Crippen LogP contribution in [0, 0.1) is 0 Å². The van der Waals surface area contributed by atoms with E-state index in [0.717, 1.165) is 21.8 Å². The zero-order valence-electron chi connectivity index (χ0n) is 22.9. The van der Waals surface area contributed by atoms with Crippen molar-refractivity contribution in [1.82, 2.24) is 9.13 Å². The summed E-state index contributed by atoms with van der Waals surface area (Å²) in [7, 11) is 3.65. The van der Waals surface area contributed by atoms with Gasteiger partial charge in [0.25, 0.3) is 5.91 Å². The van der Waals surface area contributed by atoms with Gasteiger partial charge in [0.05, 0.1) is 13.2 Å². The second-order valence-corrected chi connectivity index (χ2v) is 9.03. The Balaban J connectivity index is 0.000000201. The number of amides is 1. The van der Waals surface area contributed by atoms with Crippen LogP contribution in [0.2, 0.25) is 0 Å². The van der Waals surface area contributed by atoms with Crippen molar-refractivity contribution >= 4 is 51.0 Å². The Morgan fingerprint density at radius 3 is 1.80 bits per heavy atom. The molecule has 206 valence electrons. The number of ether oxygens (including phenoxy) is 2. The van der Waals surface area contributed by atoms with Gasteiger partial charge in [-0.3, -0.25) is 4.79 Å². The molecule has 5 rings (SSSR count). The molecular weight excluding hydrogens is 508 g/mol. The summed E-state index contributed by atoms with van der Waals surface area (Å²) in [5, 5.41) is 4.69. The molecule has 2 heterocycles. The number of rotatable bonds is 6. The third-order valence-corrected chi connectivity index (χ3v) is 6.37. The molecule has 0 fully saturated rings. The lowest BCUT2D eigenvalue weighted by molar-refractivity contribution is 0.0506. The van der Waals surface area contributed by atoms with Crippen LogP contribution in [0.1, 0.15) is 45.2 Å². The van der Waals surface area contributed by atoms with Crippen LogP contribution in [0.15, 0.2) is 78.9 Å². The first-order valence-corrected chi connectivity index (χ1v) is 12.9. The number of anilines is 2. The van der Waals surface area contributed by atoms with Crippen LogP contribution in [0.5, 0.6) is 0 Å². The molecular formula is C31H32N4O5. The number of nitrogens with zero attached hydrogens (tertiary/aromatic N) is 2. The van der Waals surface area contributed by atoms with Crippen LogP contribution in [-0.2, 0) is 23.6 Å². The summed E-state index contributed by atoms with van der Waals surface area (Å²) in [5.41, 5.74) is 10.6. The van der Waals surface area contributed by atoms with Gasteiger partial charge in [-0.05, 0) is 74.5 Å². The number of esters is 2. The molecule has 5 aromatic rings. The van der Waals surface area contributed by atoms with E-state index >= 15 is 0 Å². The van der Waals surface area contributed by atoms with Crippen molar-refractivity contribution < 1.29 is 23.9 Å². The maximum atomic E-state index is 12.2. The predicted octanol–water partition coefficient (Wildman–Crippen LogP) is 5.54. The molecule has 0 radical (unpaired) electrons. The highest BCUT2D eigenvalue weighted by atomic mass is 16.5. The highest BCUT2D eigenvalue weighted by molar-refractivity contribution is 6.05. The van der Waals surface area contributed by atoms with Crippen LogP contribution in [0.4, 0.5) is 11.4 Å². The monoisotopic (exact) mass is 540 g/mol. The molecule has 0 aliphatic rings. The number of carbonyl (C=O) groups is 3. The van der Waals surface area contributed by atoms with Gasteiger partial charge in [-0.25, -0.2) is 9.59 Å². The van der Waals surface area contributed by atoms with Crippen molar-refractivity contribution in [2.24, 2.45) is 14.1 Å². The molecule has 2 aromatic heterocycles. The van der Waals surface area contributed by atoms with Crippen molar-refractivity contribution in [3.63, 3.8) is 0 Å². The lowest BCUT2D eigenvalue weighted by Gasteiger charge is -2.06. The summed E-state index contributed by atoms with van der Waals surface area (Å²) in [4.78, 5) is 35.8. The Labute approximate surface area is 232 Å². The number of nitrogens with one attached hydrogen (secondary N) is 1. The Bertz CT molecular complexity index is 1680. The molecule has 0 unspecified atom stereocenters. The molecule has 0 aliphatic carbocycles. The van der Waals surface area contributed by atoms with Crippen molar-refractivity contribution in [2.75, 3.05) is 24.3 Å². The number of carbonyl (C=O) groups excluding carboxylic acids is 3. The number of nitrogen functional groups attached to an aromatic ring is 1. The van der Waals surface area contributed by atoms with E-state index in [-0.39, 0.29) is 17.8 Å². The van der Waals surface area contributed by atoms with E-state index < -0.39 is 0 Å². The largest absolute Gasteiger partial charge is 0.461 e. The summed E-state index contributed by atoms with van der Waals surface area (Å²) in [6.07, 6.45) is 0. The average molecular weight is 541 g/mol. The van der Waals surface area contributed by atoms with Gasteiger partial charge in [-0.1, -0.05) is 18.2 Å². The fourth-order valence-electron chi connectivity index (χ4n) is 4.39. The molecule has 0 saturated carbocycles. The van der Waals surface area contributed by atoms with Gasteiger partial charge in [0.2, 0.25) is 0 Å². The normalized spacial score (nSPS) is 10.6. The fourth-order valence-corrected chi connectivity index (χ4v) is 4.39. The fraction of sp³-hybridized carbons (Fsp3) is 0.194. The lowest BCUT2D eigenvalue weighted by atomic mass is 10.2. The topological polar surface area (TPSA) is 118 Å². The molecule has 9 nitrogen and oxygen atoms in total. The summed E-state index contributed by atoms with van der Waals surface area (Å²) in [6.45, 7) is 4.28. The molecule has 0 bridgehead atoms. The number of hydrogen-bond acceptors (Lipinski definition) is 6. The third kappa shape index (κ3) is 5.99. The zero-order valence-corrected chi connectivity index (χ0v) is 22.9. The number of fused-ring (bicyclic) bond motifs is 2. The number of benzene rings is 3. The smallest absolute Gasteiger partial charge is 0.354 e. The SMILES string of the molecule is CCOC(=O)c1cc2cc(N)ccc2n1C.CCOC(=O)c1cc2cc(NC(=O)c3ccccc3)ccc2n1C. The number of aromatic nitrogens is 2. The van der Waals surface area contributed by atoms with Gasteiger partial charge in [-0.15, -0.1) is 0 Å². The Morgan fingerprint density at radius 1 is 0.725 bits per heavy atom. The standard InChI is InChI=1S/C19H18N2O3.C12H14N2O2/c1-3-24-19(23)17-12-14-11-15(9-10-16(14)21(17)2)20-18(22)13-7-5-4-6-8-13;1-3-16-12(15)11-7-8-6-9(13)4-5-10(8)14(11)2/h4-12H,3H2,1-2H3,(H,20,22);4-7H,3,13H2,1-2H3. The molecule has 1 amide bonds. The third-order valence-electron chi connectivity index (χ3n) is 6.37.